The topological polar surface area (TPSA) is 17.1 Å². The Morgan fingerprint density at radius 3 is 2.44 bits per heavy atom. The number of rotatable bonds is 5. The number of Topliss-reactive ketones (excluding diaryl/α,β-unsaturated/α-hetero) is 1. The summed E-state index contributed by atoms with van der Waals surface area (Å²) in [7, 11) is -0.0322. The molecule has 0 aliphatic heterocycles. The first-order valence-corrected chi connectivity index (χ1v) is 11.3. The quantitative estimate of drug-likeness (QED) is 0.254. The Hall–Kier alpha value is -2.23. The van der Waals surface area contributed by atoms with Crippen LogP contribution in [0.2, 0.25) is 0 Å². The highest BCUT2D eigenvalue weighted by molar-refractivity contribution is 7.43. The largest absolute Gasteiger partial charge is 0.294 e. The highest BCUT2D eigenvalue weighted by Crippen LogP contribution is 2.42. The smallest absolute Gasteiger partial charge is 0.186 e. The molecular weight excluding hydrogens is 368 g/mol. The van der Waals surface area contributed by atoms with E-state index in [1.807, 2.05) is 12.1 Å². The second-order valence-corrected chi connectivity index (χ2v) is 10.4. The molecular formula is C24H23OS2+. The zero-order chi connectivity index (χ0) is 19.0. The third-order valence-electron chi connectivity index (χ3n) is 5.06. The summed E-state index contributed by atoms with van der Waals surface area (Å²) in [5.41, 5.74) is 2.02. The molecule has 0 saturated carbocycles. The molecule has 0 saturated heterocycles. The molecule has 2 aromatic heterocycles. The third kappa shape index (κ3) is 3.50. The van der Waals surface area contributed by atoms with Gasteiger partial charge in [-0.05, 0) is 54.8 Å². The number of aryl methyl sites for hydroxylation is 1. The second-order valence-electron chi connectivity index (χ2n) is 7.62. The van der Waals surface area contributed by atoms with Crippen molar-refractivity contribution < 1.29 is 4.79 Å². The van der Waals surface area contributed by atoms with Crippen LogP contribution in [0.3, 0.4) is 0 Å². The average Bonchev–Trinajstić information content (AvgIpc) is 3.31. The summed E-state index contributed by atoms with van der Waals surface area (Å²) in [6.45, 7) is 6.47. The maximum absolute atomic E-state index is 12.8. The van der Waals surface area contributed by atoms with E-state index >= 15 is 0 Å². The van der Waals surface area contributed by atoms with Gasteiger partial charge in [-0.2, -0.15) is 0 Å². The molecule has 0 aliphatic carbocycles. The van der Waals surface area contributed by atoms with E-state index in [0.717, 1.165) is 5.56 Å². The summed E-state index contributed by atoms with van der Waals surface area (Å²) in [6, 6.07) is 21.0. The Balaban J connectivity index is 1.59. The Bertz CT molecular complexity index is 1080. The summed E-state index contributed by atoms with van der Waals surface area (Å²) in [5, 5.41) is 5.77. The first kappa shape index (κ1) is 18.1. The molecule has 4 rings (SSSR count). The van der Waals surface area contributed by atoms with E-state index in [2.05, 4.69) is 80.1 Å². The highest BCUT2D eigenvalue weighted by atomic mass is 32.2. The van der Waals surface area contributed by atoms with Crippen molar-refractivity contribution in [2.75, 3.05) is 0 Å². The van der Waals surface area contributed by atoms with E-state index in [1.165, 1.54) is 25.4 Å². The van der Waals surface area contributed by atoms with Crippen molar-refractivity contribution in [3.63, 3.8) is 0 Å². The number of carbonyl (C=O) groups is 1. The number of benzene rings is 2. The van der Waals surface area contributed by atoms with Crippen molar-refractivity contribution in [2.24, 2.45) is 0 Å². The molecule has 1 unspecified atom stereocenters. The molecule has 27 heavy (non-hydrogen) atoms. The van der Waals surface area contributed by atoms with Gasteiger partial charge in [-0.15, -0.1) is 11.3 Å². The van der Waals surface area contributed by atoms with Crippen LogP contribution in [0.25, 0.3) is 15.0 Å². The molecule has 4 aromatic rings. The van der Waals surface area contributed by atoms with Crippen molar-refractivity contribution in [1.29, 1.82) is 0 Å². The number of hydrogen-bond acceptors (Lipinski definition) is 2. The van der Waals surface area contributed by atoms with E-state index in [4.69, 9.17) is 0 Å². The molecule has 0 aliphatic rings. The molecule has 0 bridgehead atoms. The number of thiophene rings is 2. The lowest BCUT2D eigenvalue weighted by Crippen LogP contribution is -2.20. The fourth-order valence-electron chi connectivity index (χ4n) is 3.52. The van der Waals surface area contributed by atoms with Gasteiger partial charge < -0.3 is 0 Å². The molecule has 1 atom stereocenters. The van der Waals surface area contributed by atoms with Crippen LogP contribution in [0.5, 0.6) is 0 Å². The van der Waals surface area contributed by atoms with Gasteiger partial charge >= 0.3 is 0 Å². The van der Waals surface area contributed by atoms with Crippen molar-refractivity contribution in [3.8, 4) is 4.90 Å². The van der Waals surface area contributed by atoms with Crippen molar-refractivity contribution in [3.05, 3.63) is 87.4 Å². The summed E-state index contributed by atoms with van der Waals surface area (Å²) in [5.74, 6) is 0.210. The first-order valence-electron chi connectivity index (χ1n) is 9.14. The zero-order valence-electron chi connectivity index (χ0n) is 15.9. The number of hydrogen-bond donors (Lipinski definition) is 0. The molecule has 2 heterocycles. The molecule has 0 fully saturated rings. The van der Waals surface area contributed by atoms with Crippen LogP contribution in [-0.2, 0) is 5.41 Å². The van der Waals surface area contributed by atoms with E-state index in [9.17, 15) is 4.79 Å². The van der Waals surface area contributed by atoms with Crippen molar-refractivity contribution in [1.82, 2.24) is 0 Å². The van der Waals surface area contributed by atoms with Crippen LogP contribution in [-0.4, -0.2) is 5.78 Å². The van der Waals surface area contributed by atoms with E-state index < -0.39 is 0 Å². The standard InChI is InChI=1S/C24H23OS2/c1-17-16-27(22-8-5-4-7-20(17)22)19-12-10-18(11-13-19)21(25)15-24(2,3)23-9-6-14-26-23/h4-14,16H,15H2,1-3H3/q+1. The predicted molar refractivity (Wildman–Crippen MR) is 119 cm³/mol. The predicted octanol–water partition coefficient (Wildman–Crippen LogP) is 7.50. The molecule has 0 amide bonds. The van der Waals surface area contributed by atoms with Gasteiger partial charge in [0.1, 0.15) is 5.38 Å². The molecule has 2 aromatic carbocycles. The minimum atomic E-state index is -0.129. The molecule has 0 radical (unpaired) electrons. The molecule has 136 valence electrons. The summed E-state index contributed by atoms with van der Waals surface area (Å²) >= 11 is 1.72. The monoisotopic (exact) mass is 391 g/mol. The van der Waals surface area contributed by atoms with E-state index in [0.29, 0.717) is 6.42 Å². The van der Waals surface area contributed by atoms with Gasteiger partial charge in [0.25, 0.3) is 0 Å². The Kier molecular flexibility index (Phi) is 4.75. The number of fused-ring (bicyclic) bond motifs is 1. The first-order chi connectivity index (χ1) is 13.0. The normalized spacial score (nSPS) is 12.5. The zero-order valence-corrected chi connectivity index (χ0v) is 17.5. The maximum Gasteiger partial charge on any atom is 0.186 e. The number of ketones is 1. The van der Waals surface area contributed by atoms with E-state index in [-0.39, 0.29) is 21.7 Å². The van der Waals surface area contributed by atoms with Gasteiger partial charge in [-0.25, -0.2) is 0 Å². The van der Waals surface area contributed by atoms with Gasteiger partial charge in [-0.1, -0.05) is 32.0 Å². The lowest BCUT2D eigenvalue weighted by Gasteiger charge is -2.22. The van der Waals surface area contributed by atoms with Crippen LogP contribution in [0.15, 0.2) is 71.4 Å². The molecule has 0 N–H and O–H groups in total. The van der Waals surface area contributed by atoms with E-state index in [1.54, 1.807) is 11.3 Å². The molecule has 0 spiro atoms. The van der Waals surface area contributed by atoms with Crippen molar-refractivity contribution >= 4 is 37.7 Å². The van der Waals surface area contributed by atoms with Crippen LogP contribution < -0.4 is 0 Å². The maximum atomic E-state index is 12.8. The highest BCUT2D eigenvalue weighted by Gasteiger charge is 2.26. The summed E-state index contributed by atoms with van der Waals surface area (Å²) in [4.78, 5) is 15.4. The van der Waals surface area contributed by atoms with Gasteiger partial charge in [-0.3, -0.25) is 4.79 Å². The Morgan fingerprint density at radius 1 is 1.00 bits per heavy atom. The van der Waals surface area contributed by atoms with Crippen LogP contribution in [0.1, 0.15) is 41.1 Å². The van der Waals surface area contributed by atoms with Crippen LogP contribution >= 0.6 is 21.8 Å². The molecule has 3 heteroatoms. The fraction of sp³-hybridized carbons (Fsp3) is 0.208. The molecule has 1 nitrogen and oxygen atoms in total. The fourth-order valence-corrected chi connectivity index (χ4v) is 6.49. The minimum absolute atomic E-state index is 0.0322. The number of carbonyl (C=O) groups excluding carboxylic acids is 1. The van der Waals surface area contributed by atoms with Crippen molar-refractivity contribution in [2.45, 2.75) is 32.6 Å². The third-order valence-corrected chi connectivity index (χ3v) is 8.50. The summed E-state index contributed by atoms with van der Waals surface area (Å²) in [6.07, 6.45) is 0.528. The Labute approximate surface area is 167 Å². The average molecular weight is 392 g/mol. The lowest BCUT2D eigenvalue weighted by atomic mass is 9.84. The summed E-state index contributed by atoms with van der Waals surface area (Å²) < 4.78 is 1.38. The SMILES string of the molecule is Cc1c[s+](-c2ccc(C(=O)CC(C)(C)c3cccs3)cc2)c2ccccc12. The van der Waals surface area contributed by atoms with Gasteiger partial charge in [0.15, 0.2) is 15.4 Å². The van der Waals surface area contributed by atoms with Crippen LogP contribution in [0.4, 0.5) is 0 Å². The Morgan fingerprint density at radius 2 is 1.74 bits per heavy atom. The van der Waals surface area contributed by atoms with Gasteiger partial charge in [0, 0.05) is 43.7 Å². The van der Waals surface area contributed by atoms with Gasteiger partial charge in [0.2, 0.25) is 0 Å². The second kappa shape index (κ2) is 7.06. The van der Waals surface area contributed by atoms with Gasteiger partial charge in [0.05, 0.1) is 0 Å². The minimum Gasteiger partial charge on any atom is -0.294 e. The van der Waals surface area contributed by atoms with Crippen LogP contribution in [0, 0.1) is 6.92 Å². The lowest BCUT2D eigenvalue weighted by molar-refractivity contribution is 0.0959.